The van der Waals surface area contributed by atoms with Crippen LogP contribution < -0.4 is 0 Å². The Morgan fingerprint density at radius 3 is 2.76 bits per heavy atom. The van der Waals surface area contributed by atoms with Gasteiger partial charge in [0.05, 0.1) is 12.2 Å². The average Bonchev–Trinajstić information content (AvgIpc) is 3.11. The normalized spacial score (nSPS) is 19.9. The summed E-state index contributed by atoms with van der Waals surface area (Å²) in [4.78, 5) is 14.8. The fraction of sp³-hybridized carbons (Fsp3) is 0.556. The van der Waals surface area contributed by atoms with E-state index in [1.807, 2.05) is 35.2 Å². The second-order valence-electron chi connectivity index (χ2n) is 6.93. The Balaban J connectivity index is 1.47. The molecule has 1 amide bonds. The zero-order valence-corrected chi connectivity index (χ0v) is 14.3. The molecule has 0 unspecified atom stereocenters. The molecule has 2 aliphatic rings. The van der Waals surface area contributed by atoms with Crippen molar-refractivity contribution in [3.63, 3.8) is 0 Å². The Hall–Kier alpha value is -2.28. The van der Waals surface area contributed by atoms with Crippen LogP contribution in [0.4, 0.5) is 0 Å². The minimum absolute atomic E-state index is 0.0535. The Kier molecular flexibility index (Phi) is 4.48. The van der Waals surface area contributed by atoms with Crippen molar-refractivity contribution in [1.82, 2.24) is 25.1 Å². The quantitative estimate of drug-likeness (QED) is 0.852. The monoisotopic (exact) mass is 341 g/mol. The van der Waals surface area contributed by atoms with Crippen molar-refractivity contribution < 1.29 is 9.53 Å². The van der Waals surface area contributed by atoms with Crippen molar-refractivity contribution >= 4 is 5.91 Å². The van der Waals surface area contributed by atoms with Gasteiger partial charge >= 0.3 is 0 Å². The first kappa shape index (κ1) is 16.2. The van der Waals surface area contributed by atoms with E-state index in [1.54, 1.807) is 4.68 Å². The lowest BCUT2D eigenvalue weighted by atomic mass is 9.83. The molecule has 0 radical (unpaired) electrons. The van der Waals surface area contributed by atoms with Crippen LogP contribution >= 0.6 is 0 Å². The molecule has 0 bridgehead atoms. The summed E-state index contributed by atoms with van der Waals surface area (Å²) in [7, 11) is 0. The van der Waals surface area contributed by atoms with Crippen LogP contribution in [0.25, 0.3) is 11.4 Å². The van der Waals surface area contributed by atoms with Gasteiger partial charge in [-0.3, -0.25) is 4.79 Å². The van der Waals surface area contributed by atoms with Crippen molar-refractivity contribution in [1.29, 1.82) is 0 Å². The molecule has 1 saturated heterocycles. The van der Waals surface area contributed by atoms with E-state index < -0.39 is 0 Å². The van der Waals surface area contributed by atoms with Crippen LogP contribution in [0.1, 0.15) is 32.1 Å². The highest BCUT2D eigenvalue weighted by Gasteiger charge is 2.39. The second-order valence-corrected chi connectivity index (χ2v) is 6.93. The molecule has 0 atom stereocenters. The number of rotatable bonds is 3. The number of tetrazole rings is 1. The molecule has 132 valence electrons. The summed E-state index contributed by atoms with van der Waals surface area (Å²) in [6.07, 6.45) is 5.75. The lowest BCUT2D eigenvalue weighted by Crippen LogP contribution is -2.55. The molecule has 1 spiro atoms. The number of nitrogens with zero attached hydrogens (tertiary/aromatic N) is 5. The number of carbonyl (C=O) groups is 1. The van der Waals surface area contributed by atoms with E-state index in [1.165, 1.54) is 19.3 Å². The summed E-state index contributed by atoms with van der Waals surface area (Å²) in [5, 5.41) is 11.8. The van der Waals surface area contributed by atoms with Crippen LogP contribution in [-0.4, -0.2) is 56.3 Å². The van der Waals surface area contributed by atoms with Crippen molar-refractivity contribution in [2.24, 2.45) is 0 Å². The van der Waals surface area contributed by atoms with E-state index in [9.17, 15) is 4.79 Å². The molecule has 2 aromatic rings. The van der Waals surface area contributed by atoms with Crippen LogP contribution in [0.2, 0.25) is 0 Å². The molecule has 25 heavy (non-hydrogen) atoms. The molecular formula is C18H23N5O2. The first-order valence-electron chi connectivity index (χ1n) is 8.99. The van der Waals surface area contributed by atoms with E-state index in [4.69, 9.17) is 4.74 Å². The van der Waals surface area contributed by atoms with Gasteiger partial charge in [-0.1, -0.05) is 49.6 Å². The van der Waals surface area contributed by atoms with Crippen LogP contribution in [0.5, 0.6) is 0 Å². The van der Waals surface area contributed by atoms with E-state index >= 15 is 0 Å². The molecule has 1 saturated carbocycles. The zero-order chi connectivity index (χ0) is 17.1. The number of hydrogen-bond acceptors (Lipinski definition) is 5. The maximum Gasteiger partial charge on any atom is 0.244 e. The van der Waals surface area contributed by atoms with Gasteiger partial charge in [-0.2, -0.15) is 0 Å². The molecule has 1 aromatic heterocycles. The number of ether oxygens (including phenoxy) is 1. The van der Waals surface area contributed by atoms with Gasteiger partial charge in [0.1, 0.15) is 6.54 Å². The van der Waals surface area contributed by atoms with E-state index in [0.29, 0.717) is 25.5 Å². The van der Waals surface area contributed by atoms with Crippen LogP contribution in [0.15, 0.2) is 30.3 Å². The third kappa shape index (κ3) is 3.42. The summed E-state index contributed by atoms with van der Waals surface area (Å²) < 4.78 is 7.66. The number of carbonyl (C=O) groups excluding carboxylic acids is 1. The smallest absolute Gasteiger partial charge is 0.244 e. The van der Waals surface area contributed by atoms with Gasteiger partial charge in [0.15, 0.2) is 5.82 Å². The summed E-state index contributed by atoms with van der Waals surface area (Å²) in [5.74, 6) is 0.673. The van der Waals surface area contributed by atoms with E-state index in [-0.39, 0.29) is 18.1 Å². The average molecular weight is 341 g/mol. The maximum absolute atomic E-state index is 12.8. The summed E-state index contributed by atoms with van der Waals surface area (Å²) in [6.45, 7) is 2.11. The van der Waals surface area contributed by atoms with E-state index in [0.717, 1.165) is 18.4 Å². The molecule has 0 N–H and O–H groups in total. The van der Waals surface area contributed by atoms with Crippen molar-refractivity contribution in [3.05, 3.63) is 30.3 Å². The molecule has 4 rings (SSSR count). The first-order valence-corrected chi connectivity index (χ1v) is 8.99. The van der Waals surface area contributed by atoms with Crippen LogP contribution in [0, 0.1) is 0 Å². The van der Waals surface area contributed by atoms with Crippen molar-refractivity contribution in [3.8, 4) is 11.4 Å². The standard InChI is InChI=1S/C18H23N5O2/c24-16(22-11-12-25-18(14-22)9-5-2-6-10-18)13-23-17(19-20-21-23)15-7-3-1-4-8-15/h1,3-4,7-8H,2,5-6,9-14H2. The van der Waals surface area contributed by atoms with Gasteiger partial charge in [0.25, 0.3) is 0 Å². The van der Waals surface area contributed by atoms with E-state index in [2.05, 4.69) is 15.5 Å². The highest BCUT2D eigenvalue weighted by molar-refractivity contribution is 5.76. The summed E-state index contributed by atoms with van der Waals surface area (Å²) in [6, 6.07) is 9.70. The summed E-state index contributed by atoms with van der Waals surface area (Å²) >= 11 is 0. The molecule has 2 heterocycles. The molecule has 1 aliphatic carbocycles. The van der Waals surface area contributed by atoms with Crippen LogP contribution in [-0.2, 0) is 16.1 Å². The molecule has 7 heteroatoms. The fourth-order valence-corrected chi connectivity index (χ4v) is 3.89. The lowest BCUT2D eigenvalue weighted by molar-refractivity contribution is -0.157. The minimum Gasteiger partial charge on any atom is -0.371 e. The number of hydrogen-bond donors (Lipinski definition) is 0. The number of morpholine rings is 1. The molecule has 1 aliphatic heterocycles. The SMILES string of the molecule is O=C(Cn1nnnc1-c1ccccc1)N1CCOC2(CCCCC2)C1. The number of aromatic nitrogens is 4. The van der Waals surface area contributed by atoms with Gasteiger partial charge in [0, 0.05) is 18.7 Å². The topological polar surface area (TPSA) is 73.1 Å². The maximum atomic E-state index is 12.8. The van der Waals surface area contributed by atoms with Gasteiger partial charge < -0.3 is 9.64 Å². The molecule has 1 aromatic carbocycles. The van der Waals surface area contributed by atoms with Gasteiger partial charge in [-0.15, -0.1) is 5.10 Å². The Morgan fingerprint density at radius 2 is 1.96 bits per heavy atom. The Labute approximate surface area is 147 Å². The molecule has 7 nitrogen and oxygen atoms in total. The third-order valence-electron chi connectivity index (χ3n) is 5.21. The molecular weight excluding hydrogens is 318 g/mol. The van der Waals surface area contributed by atoms with Crippen molar-refractivity contribution in [2.45, 2.75) is 44.2 Å². The lowest BCUT2D eigenvalue weighted by Gasteiger charge is -2.45. The highest BCUT2D eigenvalue weighted by Crippen LogP contribution is 2.34. The first-order chi connectivity index (χ1) is 12.3. The minimum atomic E-state index is -0.130. The summed E-state index contributed by atoms with van der Waals surface area (Å²) in [5.41, 5.74) is 0.778. The third-order valence-corrected chi connectivity index (χ3v) is 5.21. The van der Waals surface area contributed by atoms with Crippen molar-refractivity contribution in [2.75, 3.05) is 19.7 Å². The van der Waals surface area contributed by atoms with Gasteiger partial charge in [-0.05, 0) is 23.3 Å². The largest absolute Gasteiger partial charge is 0.371 e. The zero-order valence-electron chi connectivity index (χ0n) is 14.3. The fourth-order valence-electron chi connectivity index (χ4n) is 3.89. The highest BCUT2D eigenvalue weighted by atomic mass is 16.5. The number of amides is 1. The molecule has 2 fully saturated rings. The Morgan fingerprint density at radius 1 is 1.16 bits per heavy atom. The predicted molar refractivity (Wildman–Crippen MR) is 91.6 cm³/mol. The number of benzene rings is 1. The Bertz CT molecular complexity index is 719. The van der Waals surface area contributed by atoms with Crippen LogP contribution in [0.3, 0.4) is 0 Å². The van der Waals surface area contributed by atoms with Gasteiger partial charge in [0.2, 0.25) is 5.91 Å². The second kappa shape index (κ2) is 6.92. The van der Waals surface area contributed by atoms with Gasteiger partial charge in [-0.25, -0.2) is 4.68 Å². The predicted octanol–water partition coefficient (Wildman–Crippen LogP) is 1.90.